The summed E-state index contributed by atoms with van der Waals surface area (Å²) in [5.74, 6) is -1.01. The molecular weight excluding hydrogens is 256 g/mol. The summed E-state index contributed by atoms with van der Waals surface area (Å²) in [5.41, 5.74) is -1.14. The molecule has 1 saturated heterocycles. The number of aliphatic carboxylic acids is 1. The number of carboxylic acids is 1. The monoisotopic (exact) mass is 280 g/mol. The molecule has 4 heteroatoms. The van der Waals surface area contributed by atoms with Crippen LogP contribution in [0.3, 0.4) is 0 Å². The first-order valence-electron chi connectivity index (χ1n) is 8.01. The maximum absolute atomic E-state index is 12.2. The molecule has 1 heterocycles. The Morgan fingerprint density at radius 2 is 1.85 bits per heavy atom. The second kappa shape index (κ2) is 5.14. The highest BCUT2D eigenvalue weighted by atomic mass is 16.5. The first-order chi connectivity index (χ1) is 9.56. The quantitative estimate of drug-likeness (QED) is 0.807. The molecule has 2 aliphatic carbocycles. The average molecular weight is 280 g/mol. The topological polar surface area (TPSA) is 63.6 Å². The molecule has 1 N–H and O–H groups in total. The first-order valence-corrected chi connectivity index (χ1v) is 8.01. The van der Waals surface area contributed by atoms with Crippen LogP contribution in [-0.4, -0.2) is 28.6 Å². The lowest BCUT2D eigenvalue weighted by atomic mass is 9.69. The van der Waals surface area contributed by atoms with Crippen molar-refractivity contribution in [3.63, 3.8) is 0 Å². The van der Waals surface area contributed by atoms with E-state index in [1.54, 1.807) is 0 Å². The summed E-state index contributed by atoms with van der Waals surface area (Å²) in [7, 11) is 0. The molecule has 0 amide bonds. The number of carboxylic acid groups (broad SMARTS) is 1. The third-order valence-electron chi connectivity index (χ3n) is 5.63. The van der Waals surface area contributed by atoms with E-state index < -0.39 is 11.4 Å². The van der Waals surface area contributed by atoms with Gasteiger partial charge in [-0.05, 0) is 44.9 Å². The molecule has 0 radical (unpaired) electrons. The zero-order chi connectivity index (χ0) is 14.2. The number of hydrogen-bond donors (Lipinski definition) is 1. The Kier molecular flexibility index (Phi) is 3.61. The minimum Gasteiger partial charge on any atom is -0.480 e. The van der Waals surface area contributed by atoms with Gasteiger partial charge in [0.25, 0.3) is 0 Å². The Balaban J connectivity index is 1.71. The van der Waals surface area contributed by atoms with E-state index in [4.69, 9.17) is 4.74 Å². The van der Waals surface area contributed by atoms with Crippen molar-refractivity contribution < 1.29 is 19.4 Å². The number of ether oxygens (including phenoxy) is 1. The van der Waals surface area contributed by atoms with Gasteiger partial charge in [0.15, 0.2) is 0 Å². The molecule has 2 unspecified atom stereocenters. The van der Waals surface area contributed by atoms with Gasteiger partial charge in [0.1, 0.15) is 11.2 Å². The van der Waals surface area contributed by atoms with E-state index in [-0.39, 0.29) is 17.5 Å². The maximum Gasteiger partial charge on any atom is 0.317 e. The average Bonchev–Trinajstić information content (AvgIpc) is 3.03. The molecule has 2 atom stereocenters. The van der Waals surface area contributed by atoms with Gasteiger partial charge in [0.05, 0.1) is 11.7 Å². The summed E-state index contributed by atoms with van der Waals surface area (Å²) in [6, 6.07) is 0. The van der Waals surface area contributed by atoms with Crippen LogP contribution in [0.1, 0.15) is 70.6 Å². The summed E-state index contributed by atoms with van der Waals surface area (Å²) in [6.45, 7) is 0. The molecule has 3 fully saturated rings. The van der Waals surface area contributed by atoms with Gasteiger partial charge in [-0.2, -0.15) is 0 Å². The van der Waals surface area contributed by atoms with Crippen molar-refractivity contribution in [2.24, 2.45) is 5.41 Å². The van der Waals surface area contributed by atoms with Gasteiger partial charge in [-0.25, -0.2) is 0 Å². The number of carbonyl (C=O) groups excluding carboxylic acids is 1. The van der Waals surface area contributed by atoms with E-state index in [2.05, 4.69) is 0 Å². The second-order valence-corrected chi connectivity index (χ2v) is 6.89. The van der Waals surface area contributed by atoms with E-state index in [0.717, 1.165) is 38.5 Å². The van der Waals surface area contributed by atoms with E-state index in [1.165, 1.54) is 12.8 Å². The van der Waals surface area contributed by atoms with Crippen LogP contribution in [0.15, 0.2) is 0 Å². The Bertz CT molecular complexity index is 411. The van der Waals surface area contributed by atoms with Crippen molar-refractivity contribution in [3.05, 3.63) is 0 Å². The summed E-state index contributed by atoms with van der Waals surface area (Å²) in [6.07, 6.45) is 9.57. The highest BCUT2D eigenvalue weighted by Crippen LogP contribution is 2.47. The number of hydrogen-bond acceptors (Lipinski definition) is 3. The van der Waals surface area contributed by atoms with Crippen molar-refractivity contribution in [1.82, 2.24) is 0 Å². The van der Waals surface area contributed by atoms with Gasteiger partial charge >= 0.3 is 5.97 Å². The van der Waals surface area contributed by atoms with Crippen molar-refractivity contribution in [2.75, 3.05) is 0 Å². The van der Waals surface area contributed by atoms with Gasteiger partial charge < -0.3 is 9.84 Å². The molecule has 1 spiro atoms. The molecule has 1 aliphatic heterocycles. The van der Waals surface area contributed by atoms with Crippen LogP contribution in [0.5, 0.6) is 0 Å². The minimum absolute atomic E-state index is 0.0159. The van der Waals surface area contributed by atoms with Crippen LogP contribution < -0.4 is 0 Å². The standard InChI is InChI=1S/C16H24O4/c17-13-5-1-2-9-16(13,14(18)19)11-12-6-10-15(20-12)7-3-4-8-15/h12H,1-11H2,(H,18,19). The smallest absolute Gasteiger partial charge is 0.317 e. The van der Waals surface area contributed by atoms with Crippen molar-refractivity contribution in [1.29, 1.82) is 0 Å². The first kappa shape index (κ1) is 14.1. The van der Waals surface area contributed by atoms with E-state index in [1.807, 2.05) is 0 Å². The lowest BCUT2D eigenvalue weighted by Gasteiger charge is -2.34. The molecule has 0 aromatic rings. The Hall–Kier alpha value is -0.900. The van der Waals surface area contributed by atoms with Gasteiger partial charge in [-0.1, -0.05) is 19.3 Å². The SMILES string of the molecule is O=C(O)C1(CC2CCC3(CCCC3)O2)CCCCC1=O. The highest BCUT2D eigenvalue weighted by Gasteiger charge is 2.51. The second-order valence-electron chi connectivity index (χ2n) is 6.89. The Morgan fingerprint density at radius 1 is 1.15 bits per heavy atom. The third-order valence-corrected chi connectivity index (χ3v) is 5.63. The lowest BCUT2D eigenvalue weighted by molar-refractivity contribution is -0.161. The lowest BCUT2D eigenvalue weighted by Crippen LogP contribution is -2.44. The number of carbonyl (C=O) groups is 2. The number of ketones is 1. The Morgan fingerprint density at radius 3 is 2.50 bits per heavy atom. The Labute approximate surface area is 119 Å². The van der Waals surface area contributed by atoms with E-state index in [9.17, 15) is 14.7 Å². The van der Waals surface area contributed by atoms with Crippen molar-refractivity contribution >= 4 is 11.8 Å². The van der Waals surface area contributed by atoms with Crippen LogP contribution in [-0.2, 0) is 14.3 Å². The van der Waals surface area contributed by atoms with Crippen LogP contribution in [0.25, 0.3) is 0 Å². The normalized spacial score (nSPS) is 36.6. The molecule has 4 nitrogen and oxygen atoms in total. The molecule has 3 aliphatic rings. The summed E-state index contributed by atoms with van der Waals surface area (Å²) in [5, 5.41) is 9.60. The van der Waals surface area contributed by atoms with Gasteiger partial charge in [0.2, 0.25) is 0 Å². The molecule has 0 bridgehead atoms. The maximum atomic E-state index is 12.2. The third kappa shape index (κ3) is 2.28. The molecule has 0 aromatic heterocycles. The van der Waals surface area contributed by atoms with E-state index >= 15 is 0 Å². The molecular formula is C16H24O4. The summed E-state index contributed by atoms with van der Waals surface area (Å²) >= 11 is 0. The van der Waals surface area contributed by atoms with Gasteiger partial charge in [0, 0.05) is 6.42 Å². The summed E-state index contributed by atoms with van der Waals surface area (Å²) in [4.78, 5) is 23.9. The molecule has 2 saturated carbocycles. The summed E-state index contributed by atoms with van der Waals surface area (Å²) < 4.78 is 6.22. The van der Waals surface area contributed by atoms with Crippen molar-refractivity contribution in [3.8, 4) is 0 Å². The molecule has 3 rings (SSSR count). The van der Waals surface area contributed by atoms with Crippen LogP contribution in [0.4, 0.5) is 0 Å². The predicted octanol–water partition coefficient (Wildman–Crippen LogP) is 3.08. The minimum atomic E-state index is -1.16. The fourth-order valence-electron chi connectivity index (χ4n) is 4.44. The zero-order valence-electron chi connectivity index (χ0n) is 12.0. The van der Waals surface area contributed by atoms with E-state index in [0.29, 0.717) is 19.3 Å². The molecule has 20 heavy (non-hydrogen) atoms. The molecule has 0 aromatic carbocycles. The predicted molar refractivity (Wildman–Crippen MR) is 73.5 cm³/mol. The zero-order valence-corrected chi connectivity index (χ0v) is 12.0. The van der Waals surface area contributed by atoms with Crippen LogP contribution >= 0.6 is 0 Å². The highest BCUT2D eigenvalue weighted by molar-refractivity contribution is 6.03. The van der Waals surface area contributed by atoms with Crippen LogP contribution in [0, 0.1) is 5.41 Å². The molecule has 112 valence electrons. The fraction of sp³-hybridized carbons (Fsp3) is 0.875. The van der Waals surface area contributed by atoms with Crippen molar-refractivity contribution in [2.45, 2.75) is 82.3 Å². The number of Topliss-reactive ketones (excluding diaryl/α,β-unsaturated/α-hetero) is 1. The van der Waals surface area contributed by atoms with Gasteiger partial charge in [-0.3, -0.25) is 9.59 Å². The van der Waals surface area contributed by atoms with Gasteiger partial charge in [-0.15, -0.1) is 0 Å². The fourth-order valence-corrected chi connectivity index (χ4v) is 4.44. The largest absolute Gasteiger partial charge is 0.480 e. The van der Waals surface area contributed by atoms with Crippen LogP contribution in [0.2, 0.25) is 0 Å². The number of rotatable bonds is 3.